The number of carbonyl (C=O) groups excluding carboxylic acids is 1. The average Bonchev–Trinajstić information content (AvgIpc) is 3.33. The number of rotatable bonds is 3. The number of ether oxygens (including phenoxy) is 1. The summed E-state index contributed by atoms with van der Waals surface area (Å²) in [6.07, 6.45) is 7.22. The van der Waals surface area contributed by atoms with Gasteiger partial charge in [0.05, 0.1) is 23.4 Å². The highest BCUT2D eigenvalue weighted by molar-refractivity contribution is 5.98. The van der Waals surface area contributed by atoms with E-state index in [0.29, 0.717) is 47.2 Å². The number of amides is 1. The van der Waals surface area contributed by atoms with Gasteiger partial charge in [0.1, 0.15) is 17.0 Å². The van der Waals surface area contributed by atoms with E-state index in [2.05, 4.69) is 45.4 Å². The van der Waals surface area contributed by atoms with Crippen molar-refractivity contribution in [2.75, 3.05) is 61.5 Å². The Bertz CT molecular complexity index is 2040. The summed E-state index contributed by atoms with van der Waals surface area (Å²) in [6, 6.07) is 15.8. The molecule has 2 bridgehead atoms. The molecular formula is C33H33N9O3. The van der Waals surface area contributed by atoms with E-state index in [1.54, 1.807) is 20.5 Å². The fourth-order valence-electron chi connectivity index (χ4n) is 6.28. The molecule has 5 aromatic rings. The summed E-state index contributed by atoms with van der Waals surface area (Å²) < 4.78 is 9.19. The van der Waals surface area contributed by atoms with Crippen molar-refractivity contribution in [3.05, 3.63) is 77.2 Å². The largest absolute Gasteiger partial charge is 0.482 e. The van der Waals surface area contributed by atoms with Gasteiger partial charge < -0.3 is 24.8 Å². The Morgan fingerprint density at radius 3 is 2.69 bits per heavy atom. The number of benzene rings is 2. The molecule has 0 spiro atoms. The monoisotopic (exact) mass is 603 g/mol. The second kappa shape index (κ2) is 11.0. The number of fused-ring (bicyclic) bond motifs is 6. The highest BCUT2D eigenvalue weighted by Crippen LogP contribution is 2.35. The van der Waals surface area contributed by atoms with E-state index in [4.69, 9.17) is 14.7 Å². The van der Waals surface area contributed by atoms with Crippen LogP contribution in [0.15, 0.2) is 71.7 Å². The molecule has 1 fully saturated rings. The van der Waals surface area contributed by atoms with Gasteiger partial charge in [0.2, 0.25) is 5.95 Å². The number of carbonyl (C=O) groups is 1. The molecule has 3 aromatic heterocycles. The first kappa shape index (κ1) is 27.3. The van der Waals surface area contributed by atoms with Crippen LogP contribution in [0.5, 0.6) is 5.75 Å². The van der Waals surface area contributed by atoms with Crippen LogP contribution in [0.1, 0.15) is 12.8 Å². The molecule has 1 saturated heterocycles. The summed E-state index contributed by atoms with van der Waals surface area (Å²) in [7, 11) is 2.15. The summed E-state index contributed by atoms with van der Waals surface area (Å²) in [5, 5.41) is 4.74. The van der Waals surface area contributed by atoms with Crippen molar-refractivity contribution in [3.8, 4) is 11.4 Å². The summed E-state index contributed by atoms with van der Waals surface area (Å²) in [4.78, 5) is 47.1. The molecule has 228 valence electrons. The normalized spacial score (nSPS) is 17.1. The Morgan fingerprint density at radius 1 is 0.911 bits per heavy atom. The number of hydrogen-bond acceptors (Lipinski definition) is 9. The molecule has 12 nitrogen and oxygen atoms in total. The van der Waals surface area contributed by atoms with E-state index in [0.717, 1.165) is 61.4 Å². The van der Waals surface area contributed by atoms with Crippen molar-refractivity contribution in [1.82, 2.24) is 29.2 Å². The smallest absolute Gasteiger partial charge is 0.278 e. The molecule has 8 rings (SSSR count). The second-order valence-corrected chi connectivity index (χ2v) is 11.7. The topological polar surface area (TPSA) is 114 Å². The third kappa shape index (κ3) is 4.96. The van der Waals surface area contributed by atoms with E-state index in [9.17, 15) is 9.59 Å². The number of hydrogen-bond donors (Lipinski definition) is 1. The number of allylic oxidation sites excluding steroid dienone is 2. The van der Waals surface area contributed by atoms with Crippen molar-refractivity contribution in [1.29, 1.82) is 0 Å². The zero-order chi connectivity index (χ0) is 30.5. The van der Waals surface area contributed by atoms with Crippen LogP contribution in [0.4, 0.5) is 23.1 Å². The van der Waals surface area contributed by atoms with E-state index in [1.165, 1.54) is 0 Å². The first-order valence-corrected chi connectivity index (χ1v) is 15.3. The van der Waals surface area contributed by atoms with Crippen LogP contribution < -0.4 is 25.4 Å². The predicted octanol–water partition coefficient (Wildman–Crippen LogP) is 3.70. The quantitative estimate of drug-likeness (QED) is 0.309. The maximum atomic E-state index is 13.6. The van der Waals surface area contributed by atoms with E-state index in [-0.39, 0.29) is 18.1 Å². The van der Waals surface area contributed by atoms with Crippen LogP contribution >= 0.6 is 0 Å². The Kier molecular flexibility index (Phi) is 6.71. The van der Waals surface area contributed by atoms with Gasteiger partial charge in [-0.3, -0.25) is 9.59 Å². The molecule has 3 aliphatic heterocycles. The van der Waals surface area contributed by atoms with Gasteiger partial charge in [0.25, 0.3) is 11.5 Å². The first-order chi connectivity index (χ1) is 22.0. The molecule has 12 heteroatoms. The molecular weight excluding hydrogens is 570 g/mol. The van der Waals surface area contributed by atoms with Gasteiger partial charge in [-0.05, 0) is 68.4 Å². The molecule has 0 saturated carbocycles. The molecule has 2 aromatic carbocycles. The average molecular weight is 604 g/mol. The number of likely N-dealkylation sites (N-methyl/N-ethyl adjacent to an activating group) is 1. The molecule has 6 heterocycles. The summed E-state index contributed by atoms with van der Waals surface area (Å²) in [5.74, 6) is 1.93. The number of nitrogens with one attached hydrogen (secondary N) is 1. The number of pyridine rings is 1. The zero-order valence-electron chi connectivity index (χ0n) is 25.0. The fraction of sp³-hybridized carbons (Fsp3) is 0.303. The van der Waals surface area contributed by atoms with Crippen molar-refractivity contribution >= 4 is 51.0 Å². The standard InChI is InChI=1S/C33H33N9O3/c1-38-14-16-39(17-15-38)29-11-6-22-18-23(7-9-26(22)36-29)35-33-34-20-25-31(37-33)42-24-8-10-28-27(19-24)40(30(43)21-45-28)12-4-2-3-5-13-41(42)32(25)44/h3,5-11,18-20H,2,4,12-17,21H2,1H3,(H,34,35,37). The maximum absolute atomic E-state index is 13.6. The van der Waals surface area contributed by atoms with Crippen molar-refractivity contribution in [3.63, 3.8) is 0 Å². The van der Waals surface area contributed by atoms with Gasteiger partial charge in [-0.25, -0.2) is 19.3 Å². The fourth-order valence-corrected chi connectivity index (χ4v) is 6.28. The molecule has 45 heavy (non-hydrogen) atoms. The molecule has 1 N–H and O–H groups in total. The van der Waals surface area contributed by atoms with Crippen LogP contribution in [0.3, 0.4) is 0 Å². The van der Waals surface area contributed by atoms with Crippen molar-refractivity contribution in [2.24, 2.45) is 0 Å². The van der Waals surface area contributed by atoms with Gasteiger partial charge >= 0.3 is 0 Å². The summed E-state index contributed by atoms with van der Waals surface area (Å²) >= 11 is 0. The minimum atomic E-state index is -0.187. The number of anilines is 4. The first-order valence-electron chi connectivity index (χ1n) is 15.3. The van der Waals surface area contributed by atoms with Gasteiger partial charge in [-0.2, -0.15) is 4.98 Å². The van der Waals surface area contributed by atoms with Gasteiger partial charge in [0, 0.05) is 50.0 Å². The van der Waals surface area contributed by atoms with Crippen LogP contribution in [0.2, 0.25) is 0 Å². The minimum absolute atomic E-state index is 0.0177. The van der Waals surface area contributed by atoms with E-state index >= 15 is 0 Å². The molecule has 0 aliphatic carbocycles. The third-order valence-corrected chi connectivity index (χ3v) is 8.76. The highest BCUT2D eigenvalue weighted by Gasteiger charge is 2.27. The van der Waals surface area contributed by atoms with Crippen molar-refractivity contribution < 1.29 is 9.53 Å². The molecule has 0 unspecified atom stereocenters. The summed E-state index contributed by atoms with van der Waals surface area (Å²) in [6.45, 7) is 4.97. The Hall–Kier alpha value is -5.23. The zero-order valence-corrected chi connectivity index (χ0v) is 25.0. The van der Waals surface area contributed by atoms with Crippen LogP contribution in [-0.2, 0) is 11.3 Å². The summed E-state index contributed by atoms with van der Waals surface area (Å²) in [5.41, 5.74) is 3.42. The molecule has 3 aliphatic rings. The van der Waals surface area contributed by atoms with Crippen molar-refractivity contribution in [2.45, 2.75) is 19.4 Å². The Morgan fingerprint density at radius 2 is 1.80 bits per heavy atom. The molecule has 0 radical (unpaired) electrons. The predicted molar refractivity (Wildman–Crippen MR) is 174 cm³/mol. The van der Waals surface area contributed by atoms with E-state index in [1.807, 2.05) is 42.5 Å². The van der Waals surface area contributed by atoms with Crippen LogP contribution in [0, 0.1) is 0 Å². The minimum Gasteiger partial charge on any atom is -0.482 e. The van der Waals surface area contributed by atoms with E-state index < -0.39 is 0 Å². The third-order valence-electron chi connectivity index (χ3n) is 8.76. The lowest BCUT2D eigenvalue weighted by molar-refractivity contribution is -0.121. The SMILES string of the molecule is CN1CCN(c2ccc3cc(Nc4ncc5c(=O)n6n(c5n4)-c4ccc5c(c4)N(CCCC=CC6)C(=O)CO5)ccc3n2)CC1. The van der Waals surface area contributed by atoms with Gasteiger partial charge in [-0.15, -0.1) is 0 Å². The van der Waals surface area contributed by atoms with Gasteiger partial charge in [-0.1, -0.05) is 12.2 Å². The van der Waals surface area contributed by atoms with Gasteiger partial charge in [0.15, 0.2) is 12.3 Å². The molecule has 1 amide bonds. The number of piperazine rings is 1. The maximum Gasteiger partial charge on any atom is 0.278 e. The lowest BCUT2D eigenvalue weighted by Gasteiger charge is -2.33. The molecule has 0 atom stereocenters. The lowest BCUT2D eigenvalue weighted by Crippen LogP contribution is -2.44. The number of nitrogens with zero attached hydrogens (tertiary/aromatic N) is 8. The Labute approximate surface area is 259 Å². The lowest BCUT2D eigenvalue weighted by atomic mass is 10.1. The highest BCUT2D eigenvalue weighted by atomic mass is 16.5. The van der Waals surface area contributed by atoms with Crippen LogP contribution in [-0.4, -0.2) is 81.5 Å². The number of aromatic nitrogens is 5. The van der Waals surface area contributed by atoms with Crippen LogP contribution in [0.25, 0.3) is 27.6 Å². The Balaban J connectivity index is 1.16. The second-order valence-electron chi connectivity index (χ2n) is 11.7.